The first-order valence-electron chi connectivity index (χ1n) is 5.93. The molecule has 0 saturated heterocycles. The average Bonchev–Trinajstić information content (AvgIpc) is 2.96. The van der Waals surface area contributed by atoms with Gasteiger partial charge in [0.25, 0.3) is 0 Å². The van der Waals surface area contributed by atoms with Crippen LogP contribution in [0, 0.1) is 0 Å². The van der Waals surface area contributed by atoms with E-state index in [0.717, 1.165) is 18.8 Å². The van der Waals surface area contributed by atoms with E-state index in [1.807, 2.05) is 23.5 Å². The van der Waals surface area contributed by atoms with Gasteiger partial charge in [0.05, 0.1) is 12.8 Å². The summed E-state index contributed by atoms with van der Waals surface area (Å²) >= 11 is 1.93. The van der Waals surface area contributed by atoms with Crippen molar-refractivity contribution >= 4 is 17.4 Å². The van der Waals surface area contributed by atoms with Crippen LogP contribution in [0.5, 0.6) is 0 Å². The van der Waals surface area contributed by atoms with Crippen molar-refractivity contribution in [3.8, 4) is 0 Å². The molecule has 0 aromatic carbocycles. The summed E-state index contributed by atoms with van der Waals surface area (Å²) in [5.41, 5.74) is 1.41. The van der Waals surface area contributed by atoms with Gasteiger partial charge in [0.2, 0.25) is 0 Å². The van der Waals surface area contributed by atoms with Gasteiger partial charge in [0, 0.05) is 16.3 Å². The van der Waals surface area contributed by atoms with Gasteiger partial charge in [-0.05, 0) is 36.6 Å². The predicted octanol–water partition coefficient (Wildman–Crippen LogP) is 3.59. The lowest BCUT2D eigenvalue weighted by atomic mass is 10.1. The van der Waals surface area contributed by atoms with Crippen molar-refractivity contribution in [1.29, 1.82) is 0 Å². The molecule has 2 nitrogen and oxygen atoms in total. The maximum Gasteiger partial charge on any atom is 0.117 e. The van der Waals surface area contributed by atoms with Gasteiger partial charge in [-0.25, -0.2) is 0 Å². The Labute approximate surface area is 105 Å². The molecular formula is C14H15NOS. The Morgan fingerprint density at radius 1 is 1.35 bits per heavy atom. The summed E-state index contributed by atoms with van der Waals surface area (Å²) in [4.78, 5) is 2.94. The smallest absolute Gasteiger partial charge is 0.117 e. The average molecular weight is 245 g/mol. The number of hydrogen-bond acceptors (Lipinski definition) is 3. The molecule has 0 fully saturated rings. The molecule has 0 atom stereocenters. The van der Waals surface area contributed by atoms with E-state index in [0.29, 0.717) is 0 Å². The fourth-order valence-corrected chi connectivity index (χ4v) is 3.21. The van der Waals surface area contributed by atoms with Crippen LogP contribution in [0.1, 0.15) is 27.5 Å². The highest BCUT2D eigenvalue weighted by atomic mass is 32.1. The lowest BCUT2D eigenvalue weighted by molar-refractivity contribution is 0.483. The molecule has 1 aliphatic rings. The Morgan fingerprint density at radius 2 is 2.35 bits per heavy atom. The standard InChI is InChI=1S/C14H15NOS/c1-2-6-14-11(4-1)8-13(17-14)10-15-9-12-5-3-7-16-12/h1,3-5,7-8,15H,2,6,9-10H2. The number of hydrogen-bond donors (Lipinski definition) is 1. The van der Waals surface area contributed by atoms with E-state index >= 15 is 0 Å². The van der Waals surface area contributed by atoms with E-state index in [2.05, 4.69) is 23.5 Å². The number of rotatable bonds is 4. The van der Waals surface area contributed by atoms with Crippen LogP contribution in [0.15, 0.2) is 35.0 Å². The summed E-state index contributed by atoms with van der Waals surface area (Å²) in [6, 6.07) is 6.21. The molecule has 0 radical (unpaired) electrons. The second-order valence-corrected chi connectivity index (χ2v) is 5.44. The third kappa shape index (κ3) is 2.51. The fraction of sp³-hybridized carbons (Fsp3) is 0.286. The van der Waals surface area contributed by atoms with Gasteiger partial charge in [-0.3, -0.25) is 0 Å². The van der Waals surface area contributed by atoms with E-state index in [1.54, 1.807) is 6.26 Å². The van der Waals surface area contributed by atoms with Crippen LogP contribution < -0.4 is 5.32 Å². The first kappa shape index (κ1) is 10.8. The largest absolute Gasteiger partial charge is 0.468 e. The summed E-state index contributed by atoms with van der Waals surface area (Å²) in [6.45, 7) is 1.72. The molecule has 88 valence electrons. The van der Waals surface area contributed by atoms with E-state index in [9.17, 15) is 0 Å². The van der Waals surface area contributed by atoms with Crippen LogP contribution in [0.2, 0.25) is 0 Å². The van der Waals surface area contributed by atoms with Gasteiger partial charge in [-0.15, -0.1) is 11.3 Å². The number of fused-ring (bicyclic) bond motifs is 1. The summed E-state index contributed by atoms with van der Waals surface area (Å²) in [7, 11) is 0. The monoisotopic (exact) mass is 245 g/mol. The number of aryl methyl sites for hydroxylation is 1. The third-order valence-electron chi connectivity index (χ3n) is 2.91. The summed E-state index contributed by atoms with van der Waals surface area (Å²) in [5, 5.41) is 3.41. The molecule has 2 aromatic rings. The highest BCUT2D eigenvalue weighted by Gasteiger charge is 2.09. The molecule has 17 heavy (non-hydrogen) atoms. The molecule has 3 rings (SSSR count). The maximum absolute atomic E-state index is 5.28. The van der Waals surface area contributed by atoms with E-state index < -0.39 is 0 Å². The van der Waals surface area contributed by atoms with E-state index in [-0.39, 0.29) is 0 Å². The minimum absolute atomic E-state index is 0.797. The SMILES string of the molecule is C1=Cc2cc(CNCc3ccco3)sc2CC1. The summed E-state index contributed by atoms with van der Waals surface area (Å²) < 4.78 is 5.28. The third-order valence-corrected chi connectivity index (χ3v) is 4.12. The van der Waals surface area contributed by atoms with E-state index in [4.69, 9.17) is 4.42 Å². The van der Waals surface area contributed by atoms with Gasteiger partial charge >= 0.3 is 0 Å². The first-order chi connectivity index (χ1) is 8.42. The van der Waals surface area contributed by atoms with Gasteiger partial charge in [0.15, 0.2) is 0 Å². The number of nitrogens with one attached hydrogen (secondary N) is 1. The number of allylic oxidation sites excluding steroid dienone is 1. The zero-order valence-electron chi connectivity index (χ0n) is 9.61. The van der Waals surface area contributed by atoms with Crippen LogP contribution in [0.4, 0.5) is 0 Å². The highest BCUT2D eigenvalue weighted by Crippen LogP contribution is 2.28. The zero-order valence-corrected chi connectivity index (χ0v) is 10.4. The van der Waals surface area contributed by atoms with Gasteiger partial charge in [-0.2, -0.15) is 0 Å². The van der Waals surface area contributed by atoms with Crippen molar-refractivity contribution < 1.29 is 4.42 Å². The molecule has 2 heterocycles. The predicted molar refractivity (Wildman–Crippen MR) is 70.9 cm³/mol. The quantitative estimate of drug-likeness (QED) is 0.890. The highest BCUT2D eigenvalue weighted by molar-refractivity contribution is 7.12. The van der Waals surface area contributed by atoms with Crippen LogP contribution in [-0.4, -0.2) is 0 Å². The Balaban J connectivity index is 1.58. The molecule has 2 aromatic heterocycles. The lowest BCUT2D eigenvalue weighted by Crippen LogP contribution is -2.10. The minimum Gasteiger partial charge on any atom is -0.468 e. The zero-order chi connectivity index (χ0) is 11.5. The first-order valence-corrected chi connectivity index (χ1v) is 6.75. The molecule has 0 amide bonds. The van der Waals surface area contributed by atoms with Crippen LogP contribution in [-0.2, 0) is 19.5 Å². The fourth-order valence-electron chi connectivity index (χ4n) is 2.07. The van der Waals surface area contributed by atoms with Gasteiger partial charge in [-0.1, -0.05) is 12.2 Å². The molecule has 0 unspecified atom stereocenters. The Morgan fingerprint density at radius 3 is 3.18 bits per heavy atom. The topological polar surface area (TPSA) is 25.2 Å². The molecule has 0 saturated carbocycles. The number of thiophene rings is 1. The van der Waals surface area contributed by atoms with E-state index in [1.165, 1.54) is 28.2 Å². The lowest BCUT2D eigenvalue weighted by Gasteiger charge is -2.01. The molecule has 0 bridgehead atoms. The molecular weight excluding hydrogens is 230 g/mol. The Bertz CT molecular complexity index is 510. The molecule has 0 spiro atoms. The van der Waals surface area contributed by atoms with Gasteiger partial charge < -0.3 is 9.73 Å². The molecule has 1 N–H and O–H groups in total. The van der Waals surface area contributed by atoms with Crippen molar-refractivity contribution in [2.75, 3.05) is 0 Å². The molecule has 1 aliphatic carbocycles. The van der Waals surface area contributed by atoms with Crippen LogP contribution in [0.25, 0.3) is 6.08 Å². The van der Waals surface area contributed by atoms with Crippen LogP contribution >= 0.6 is 11.3 Å². The molecule has 0 aliphatic heterocycles. The molecule has 3 heteroatoms. The van der Waals surface area contributed by atoms with Crippen LogP contribution in [0.3, 0.4) is 0 Å². The van der Waals surface area contributed by atoms with Gasteiger partial charge in [0.1, 0.15) is 5.76 Å². The summed E-state index contributed by atoms with van der Waals surface area (Å²) in [6.07, 6.45) is 8.60. The number of furan rings is 1. The second kappa shape index (κ2) is 4.90. The Kier molecular flexibility index (Phi) is 3.12. The van der Waals surface area contributed by atoms with Crippen molar-refractivity contribution in [2.24, 2.45) is 0 Å². The normalized spacial score (nSPS) is 13.9. The van der Waals surface area contributed by atoms with Crippen molar-refractivity contribution in [2.45, 2.75) is 25.9 Å². The minimum atomic E-state index is 0.797. The Hall–Kier alpha value is -1.32. The van der Waals surface area contributed by atoms with Crippen molar-refractivity contribution in [3.63, 3.8) is 0 Å². The maximum atomic E-state index is 5.28. The summed E-state index contributed by atoms with van der Waals surface area (Å²) in [5.74, 6) is 0.992. The van der Waals surface area contributed by atoms with Crippen molar-refractivity contribution in [3.05, 3.63) is 51.6 Å². The second-order valence-electron chi connectivity index (χ2n) is 4.22. The van der Waals surface area contributed by atoms with Crippen molar-refractivity contribution in [1.82, 2.24) is 5.32 Å².